The van der Waals surface area contributed by atoms with Crippen molar-refractivity contribution in [1.82, 2.24) is 25.0 Å². The van der Waals surface area contributed by atoms with Crippen LogP contribution in [0.3, 0.4) is 0 Å². The van der Waals surface area contributed by atoms with Crippen molar-refractivity contribution in [3.05, 3.63) is 57.8 Å². The highest BCUT2D eigenvalue weighted by Gasteiger charge is 2.14. The fourth-order valence-corrected chi connectivity index (χ4v) is 3.33. The van der Waals surface area contributed by atoms with Crippen LogP contribution in [0.5, 0.6) is 0 Å². The summed E-state index contributed by atoms with van der Waals surface area (Å²) in [6.07, 6.45) is 3.22. The van der Waals surface area contributed by atoms with Crippen LogP contribution in [0.1, 0.15) is 15.6 Å². The van der Waals surface area contributed by atoms with Gasteiger partial charge in [-0.05, 0) is 32.0 Å². The maximum Gasteiger partial charge on any atom is 0.139 e. The quantitative estimate of drug-likeness (QED) is 0.558. The molecule has 8 heteroatoms. The van der Waals surface area contributed by atoms with Gasteiger partial charge in [0.25, 0.3) is 0 Å². The molecular weight excluding hydrogens is 344 g/mol. The molecule has 0 fully saturated rings. The van der Waals surface area contributed by atoms with E-state index in [9.17, 15) is 8.78 Å². The van der Waals surface area contributed by atoms with Gasteiger partial charge in [0.05, 0.1) is 18.3 Å². The van der Waals surface area contributed by atoms with Gasteiger partial charge in [0.1, 0.15) is 27.2 Å². The first kappa shape index (κ1) is 15.8. The van der Waals surface area contributed by atoms with E-state index >= 15 is 0 Å². The van der Waals surface area contributed by atoms with Crippen LogP contribution >= 0.6 is 11.3 Å². The number of hydrogen-bond donors (Lipinski definition) is 0. The Morgan fingerprint density at radius 3 is 2.72 bits per heavy atom. The molecule has 0 radical (unpaired) electrons. The van der Waals surface area contributed by atoms with Crippen LogP contribution in [0, 0.1) is 25.5 Å². The molecule has 5 nitrogen and oxygen atoms in total. The second-order valence-electron chi connectivity index (χ2n) is 5.68. The van der Waals surface area contributed by atoms with Crippen LogP contribution in [0.15, 0.2) is 30.6 Å². The molecule has 0 unspecified atom stereocenters. The summed E-state index contributed by atoms with van der Waals surface area (Å²) in [7, 11) is 0. The van der Waals surface area contributed by atoms with Crippen molar-refractivity contribution < 1.29 is 8.78 Å². The first-order valence-corrected chi connectivity index (χ1v) is 8.40. The normalized spacial score (nSPS) is 11.4. The van der Waals surface area contributed by atoms with Gasteiger partial charge in [0, 0.05) is 22.9 Å². The van der Waals surface area contributed by atoms with Crippen LogP contribution in [0.4, 0.5) is 8.78 Å². The molecule has 0 bridgehead atoms. The van der Waals surface area contributed by atoms with E-state index in [0.717, 1.165) is 15.5 Å². The van der Waals surface area contributed by atoms with Gasteiger partial charge in [-0.1, -0.05) is 11.3 Å². The number of nitrogens with zero attached hydrogens (tertiary/aromatic N) is 5. The van der Waals surface area contributed by atoms with E-state index < -0.39 is 11.6 Å². The van der Waals surface area contributed by atoms with Crippen LogP contribution in [-0.2, 0) is 6.54 Å². The summed E-state index contributed by atoms with van der Waals surface area (Å²) in [6.45, 7) is 3.77. The molecule has 3 heterocycles. The molecule has 0 N–H and O–H groups in total. The first-order valence-electron chi connectivity index (χ1n) is 7.58. The average Bonchev–Trinajstić information content (AvgIpc) is 3.19. The molecule has 0 saturated heterocycles. The zero-order valence-corrected chi connectivity index (χ0v) is 14.3. The molecule has 3 aromatic heterocycles. The lowest BCUT2D eigenvalue weighted by Crippen LogP contribution is -2.01. The van der Waals surface area contributed by atoms with Gasteiger partial charge in [0.2, 0.25) is 0 Å². The van der Waals surface area contributed by atoms with Gasteiger partial charge < -0.3 is 0 Å². The second-order valence-corrected chi connectivity index (χ2v) is 6.95. The summed E-state index contributed by atoms with van der Waals surface area (Å²) in [5.41, 5.74) is 2.34. The third-order valence-corrected chi connectivity index (χ3v) is 4.80. The summed E-state index contributed by atoms with van der Waals surface area (Å²) in [4.78, 5) is 4.34. The van der Waals surface area contributed by atoms with Gasteiger partial charge >= 0.3 is 0 Å². The molecule has 4 aromatic rings. The number of hydrogen-bond acceptors (Lipinski definition) is 5. The summed E-state index contributed by atoms with van der Waals surface area (Å²) in [5, 5.41) is 14.1. The van der Waals surface area contributed by atoms with Gasteiger partial charge in [-0.25, -0.2) is 8.78 Å². The van der Waals surface area contributed by atoms with E-state index in [1.54, 1.807) is 23.1 Å². The lowest BCUT2D eigenvalue weighted by atomic mass is 10.0. The second kappa shape index (κ2) is 5.96. The fourth-order valence-electron chi connectivity index (χ4n) is 2.64. The molecule has 0 spiro atoms. The maximum atomic E-state index is 14.4. The number of aromatic nitrogens is 5. The predicted molar refractivity (Wildman–Crippen MR) is 91.4 cm³/mol. The van der Waals surface area contributed by atoms with E-state index in [4.69, 9.17) is 0 Å². The third-order valence-electron chi connectivity index (χ3n) is 3.98. The van der Waals surface area contributed by atoms with Crippen molar-refractivity contribution in [3.63, 3.8) is 0 Å². The number of aryl methyl sites for hydroxylation is 1. The minimum atomic E-state index is -0.577. The zero-order chi connectivity index (χ0) is 17.6. The van der Waals surface area contributed by atoms with Crippen LogP contribution in [0.2, 0.25) is 0 Å². The summed E-state index contributed by atoms with van der Waals surface area (Å²) in [5.74, 6) is -1.14. The highest BCUT2D eigenvalue weighted by Crippen LogP contribution is 2.28. The topological polar surface area (TPSA) is 56.5 Å². The molecule has 126 valence electrons. The molecule has 0 aliphatic carbocycles. The van der Waals surface area contributed by atoms with Crippen LogP contribution in [0.25, 0.3) is 22.2 Å². The zero-order valence-electron chi connectivity index (χ0n) is 13.5. The molecule has 0 saturated carbocycles. The molecule has 0 aliphatic rings. The first-order chi connectivity index (χ1) is 12.0. The molecular formula is C17H13F2N5S. The van der Waals surface area contributed by atoms with E-state index in [-0.39, 0.29) is 5.56 Å². The van der Waals surface area contributed by atoms with Gasteiger partial charge in [-0.2, -0.15) is 5.10 Å². The number of halogens is 2. The molecule has 0 amide bonds. The van der Waals surface area contributed by atoms with Crippen molar-refractivity contribution in [3.8, 4) is 11.1 Å². The Kier molecular flexibility index (Phi) is 3.76. The monoisotopic (exact) mass is 357 g/mol. The standard InChI is InChI=1S/C17H13F2N5S/c1-9-13(18)4-3-12(17(9)19)11-5-15-14(20-6-11)7-21-24(15)8-16-23-22-10(2)25-16/h3-7H,8H2,1-2H3. The van der Waals surface area contributed by atoms with Gasteiger partial charge in [-0.15, -0.1) is 10.2 Å². The minimum Gasteiger partial charge on any atom is -0.256 e. The smallest absolute Gasteiger partial charge is 0.139 e. The Bertz CT molecular complexity index is 1090. The predicted octanol–water partition coefficient (Wildman–Crippen LogP) is 3.89. The van der Waals surface area contributed by atoms with E-state index in [0.29, 0.717) is 23.2 Å². The fraction of sp³-hybridized carbons (Fsp3) is 0.176. The summed E-state index contributed by atoms with van der Waals surface area (Å²) < 4.78 is 29.7. The van der Waals surface area contributed by atoms with Crippen LogP contribution < -0.4 is 0 Å². The number of pyridine rings is 1. The SMILES string of the molecule is Cc1nnc(Cn2ncc3ncc(-c4ccc(F)c(C)c4F)cc32)s1. The van der Waals surface area contributed by atoms with E-state index in [1.807, 2.05) is 6.92 Å². The highest BCUT2D eigenvalue weighted by molar-refractivity contribution is 7.11. The van der Waals surface area contributed by atoms with Crippen LogP contribution in [-0.4, -0.2) is 25.0 Å². The lowest BCUT2D eigenvalue weighted by molar-refractivity contribution is 0.570. The van der Waals surface area contributed by atoms with Gasteiger partial charge in [-0.3, -0.25) is 9.67 Å². The summed E-state index contributed by atoms with van der Waals surface area (Å²) in [6, 6.07) is 4.49. The van der Waals surface area contributed by atoms with E-state index in [1.165, 1.54) is 30.4 Å². The highest BCUT2D eigenvalue weighted by atomic mass is 32.1. The minimum absolute atomic E-state index is 0.00422. The van der Waals surface area contributed by atoms with Crippen molar-refractivity contribution >= 4 is 22.4 Å². The van der Waals surface area contributed by atoms with Crippen molar-refractivity contribution in [2.75, 3.05) is 0 Å². The Morgan fingerprint density at radius 2 is 1.96 bits per heavy atom. The van der Waals surface area contributed by atoms with Crippen molar-refractivity contribution in [2.45, 2.75) is 20.4 Å². The Balaban J connectivity index is 1.80. The van der Waals surface area contributed by atoms with Crippen molar-refractivity contribution in [1.29, 1.82) is 0 Å². The number of fused-ring (bicyclic) bond motifs is 1. The molecule has 1 aromatic carbocycles. The third kappa shape index (κ3) is 2.78. The maximum absolute atomic E-state index is 14.4. The van der Waals surface area contributed by atoms with Gasteiger partial charge in [0.15, 0.2) is 0 Å². The average molecular weight is 357 g/mol. The lowest BCUT2D eigenvalue weighted by Gasteiger charge is -2.07. The summed E-state index contributed by atoms with van der Waals surface area (Å²) >= 11 is 1.50. The number of rotatable bonds is 3. The Labute approximate surface area is 146 Å². The van der Waals surface area contributed by atoms with E-state index in [2.05, 4.69) is 20.3 Å². The largest absolute Gasteiger partial charge is 0.256 e. The molecule has 25 heavy (non-hydrogen) atoms. The Hall–Kier alpha value is -2.74. The Morgan fingerprint density at radius 1 is 1.12 bits per heavy atom. The van der Waals surface area contributed by atoms with Crippen molar-refractivity contribution in [2.24, 2.45) is 0 Å². The molecule has 0 aliphatic heterocycles. The molecule has 4 rings (SSSR count). The molecule has 0 atom stereocenters. The number of benzene rings is 1.